The molecule has 0 atom stereocenters. The van der Waals surface area contributed by atoms with Gasteiger partial charge in [0, 0.05) is 6.07 Å². The summed E-state index contributed by atoms with van der Waals surface area (Å²) in [5, 5.41) is 0. The van der Waals surface area contributed by atoms with Crippen LogP contribution in [0.4, 0.5) is 4.39 Å². The Morgan fingerprint density at radius 3 is 2.83 bits per heavy atom. The first kappa shape index (κ1) is 13.5. The predicted molar refractivity (Wildman–Crippen MR) is 73.3 cm³/mol. The molecule has 2 nitrogen and oxygen atoms in total. The fourth-order valence-electron chi connectivity index (χ4n) is 1.27. The minimum atomic E-state index is -0.417. The molecule has 0 amide bonds. The molecule has 6 heteroatoms. The number of halogens is 3. The van der Waals surface area contributed by atoms with Crippen LogP contribution in [-0.4, -0.2) is 12.4 Å². The van der Waals surface area contributed by atoms with E-state index >= 15 is 0 Å². The number of hydrogen-bond donors (Lipinski definition) is 0. The lowest BCUT2D eigenvalue weighted by Gasteiger charge is -2.06. The first-order valence-electron chi connectivity index (χ1n) is 4.92. The molecule has 1 aromatic carbocycles. The molecule has 2 rings (SSSR count). The number of ketones is 1. The van der Waals surface area contributed by atoms with Crippen molar-refractivity contribution in [1.29, 1.82) is 0 Å². The molecule has 0 N–H and O–H groups in total. The van der Waals surface area contributed by atoms with Crippen molar-refractivity contribution in [3.8, 4) is 5.75 Å². The van der Waals surface area contributed by atoms with Gasteiger partial charge in [0.1, 0.15) is 11.6 Å². The maximum absolute atomic E-state index is 13.0. The van der Waals surface area contributed by atoms with E-state index in [1.54, 1.807) is 12.1 Å². The van der Waals surface area contributed by atoms with E-state index in [-0.39, 0.29) is 12.4 Å². The van der Waals surface area contributed by atoms with E-state index in [0.29, 0.717) is 19.4 Å². The van der Waals surface area contributed by atoms with Crippen molar-refractivity contribution < 1.29 is 13.9 Å². The molecule has 0 saturated carbocycles. The summed E-state index contributed by atoms with van der Waals surface area (Å²) in [4.78, 5) is 12.3. The van der Waals surface area contributed by atoms with Crippen LogP contribution < -0.4 is 4.74 Å². The molecule has 0 radical (unpaired) electrons. The van der Waals surface area contributed by atoms with Crippen molar-refractivity contribution in [3.05, 3.63) is 49.8 Å². The molecule has 0 fully saturated rings. The van der Waals surface area contributed by atoms with E-state index in [1.165, 1.54) is 29.5 Å². The molecular formula is C12H7BrClFO2S. The Hall–Kier alpha value is -0.910. The standard InChI is InChI=1S/C12H7BrClFO2S/c13-8-2-1-7(15)5-10(8)17-6-9(16)11-3-4-12(14)18-11/h1-5H,6H2. The molecule has 2 aromatic rings. The average molecular weight is 350 g/mol. The molecule has 0 aliphatic carbocycles. The number of thiophene rings is 1. The summed E-state index contributed by atoms with van der Waals surface area (Å²) in [5.74, 6) is -0.311. The van der Waals surface area contributed by atoms with Crippen LogP contribution in [0.5, 0.6) is 5.75 Å². The number of ether oxygens (including phenoxy) is 1. The average Bonchev–Trinajstić information content (AvgIpc) is 2.77. The maximum Gasteiger partial charge on any atom is 0.210 e. The minimum Gasteiger partial charge on any atom is -0.484 e. The third kappa shape index (κ3) is 3.31. The summed E-state index contributed by atoms with van der Waals surface area (Å²) in [5.41, 5.74) is 0. The summed E-state index contributed by atoms with van der Waals surface area (Å²) in [6, 6.07) is 7.34. The van der Waals surface area contributed by atoms with Gasteiger partial charge in [0.15, 0.2) is 6.61 Å². The lowest BCUT2D eigenvalue weighted by atomic mass is 10.3. The van der Waals surface area contributed by atoms with Gasteiger partial charge < -0.3 is 4.74 Å². The summed E-state index contributed by atoms with van der Waals surface area (Å²) in [7, 11) is 0. The van der Waals surface area contributed by atoms with Crippen LogP contribution in [0.25, 0.3) is 0 Å². The molecule has 0 saturated heterocycles. The van der Waals surface area contributed by atoms with Gasteiger partial charge in [0.05, 0.1) is 13.7 Å². The third-order valence-electron chi connectivity index (χ3n) is 2.10. The number of Topliss-reactive ketones (excluding diaryl/α,β-unsaturated/α-hetero) is 1. The molecule has 0 aliphatic heterocycles. The summed E-state index contributed by atoms with van der Waals surface area (Å²) < 4.78 is 19.4. The number of rotatable bonds is 4. The predicted octanol–water partition coefficient (Wildman–Crippen LogP) is 4.56. The van der Waals surface area contributed by atoms with Crippen molar-refractivity contribution in [3.63, 3.8) is 0 Å². The Morgan fingerprint density at radius 1 is 1.39 bits per heavy atom. The molecule has 0 bridgehead atoms. The van der Waals surface area contributed by atoms with Crippen molar-refractivity contribution in [2.24, 2.45) is 0 Å². The minimum absolute atomic E-state index is 0.154. The van der Waals surface area contributed by atoms with Crippen LogP contribution in [0.3, 0.4) is 0 Å². The van der Waals surface area contributed by atoms with Gasteiger partial charge in [0.25, 0.3) is 0 Å². The monoisotopic (exact) mass is 348 g/mol. The second-order valence-corrected chi connectivity index (χ2v) is 5.96. The number of carbonyl (C=O) groups is 1. The van der Waals surface area contributed by atoms with Crippen LogP contribution in [0.15, 0.2) is 34.8 Å². The molecule has 18 heavy (non-hydrogen) atoms. The van der Waals surface area contributed by atoms with Crippen LogP contribution in [-0.2, 0) is 0 Å². The Morgan fingerprint density at radius 2 is 2.17 bits per heavy atom. The number of benzene rings is 1. The van der Waals surface area contributed by atoms with Crippen molar-refractivity contribution in [1.82, 2.24) is 0 Å². The van der Waals surface area contributed by atoms with E-state index in [9.17, 15) is 9.18 Å². The van der Waals surface area contributed by atoms with E-state index in [1.807, 2.05) is 0 Å². The van der Waals surface area contributed by atoms with E-state index < -0.39 is 5.82 Å². The highest BCUT2D eigenvalue weighted by Gasteiger charge is 2.11. The third-order valence-corrected chi connectivity index (χ3v) is 4.03. The maximum atomic E-state index is 13.0. The zero-order valence-corrected chi connectivity index (χ0v) is 12.1. The van der Waals surface area contributed by atoms with Crippen molar-refractivity contribution in [2.45, 2.75) is 0 Å². The second kappa shape index (κ2) is 5.82. The lowest BCUT2D eigenvalue weighted by Crippen LogP contribution is -2.10. The summed E-state index contributed by atoms with van der Waals surface area (Å²) in [6.07, 6.45) is 0. The van der Waals surface area contributed by atoms with Crippen LogP contribution in [0.1, 0.15) is 9.67 Å². The smallest absolute Gasteiger partial charge is 0.210 e. The molecule has 0 aliphatic rings. The zero-order valence-electron chi connectivity index (χ0n) is 8.95. The fraction of sp³-hybridized carbons (Fsp3) is 0.0833. The van der Waals surface area contributed by atoms with Crippen LogP contribution in [0, 0.1) is 5.82 Å². The molecular weight excluding hydrogens is 343 g/mol. The molecule has 1 heterocycles. The molecule has 0 spiro atoms. The van der Waals surface area contributed by atoms with E-state index in [2.05, 4.69) is 15.9 Å². The molecule has 94 valence electrons. The first-order chi connectivity index (χ1) is 8.56. The highest BCUT2D eigenvalue weighted by Crippen LogP contribution is 2.26. The molecule has 0 unspecified atom stereocenters. The van der Waals surface area contributed by atoms with Crippen molar-refractivity contribution >= 4 is 44.7 Å². The van der Waals surface area contributed by atoms with Gasteiger partial charge in [0.2, 0.25) is 5.78 Å². The van der Waals surface area contributed by atoms with Gasteiger partial charge in [-0.3, -0.25) is 4.79 Å². The zero-order chi connectivity index (χ0) is 13.1. The largest absolute Gasteiger partial charge is 0.484 e. The molecule has 1 aromatic heterocycles. The summed E-state index contributed by atoms with van der Waals surface area (Å²) in [6.45, 7) is -0.154. The number of carbonyl (C=O) groups excluding carboxylic acids is 1. The van der Waals surface area contributed by atoms with Crippen LogP contribution >= 0.6 is 38.9 Å². The van der Waals surface area contributed by atoms with Gasteiger partial charge in [-0.05, 0) is 40.2 Å². The van der Waals surface area contributed by atoms with E-state index in [0.717, 1.165) is 0 Å². The number of hydrogen-bond acceptors (Lipinski definition) is 3. The highest BCUT2D eigenvalue weighted by atomic mass is 79.9. The Labute approximate surface area is 120 Å². The SMILES string of the molecule is O=C(COc1cc(F)ccc1Br)c1ccc(Cl)s1. The topological polar surface area (TPSA) is 26.3 Å². The van der Waals surface area contributed by atoms with Gasteiger partial charge in [-0.1, -0.05) is 11.6 Å². The second-order valence-electron chi connectivity index (χ2n) is 3.39. The normalized spacial score (nSPS) is 10.4. The Kier molecular flexibility index (Phi) is 4.37. The first-order valence-corrected chi connectivity index (χ1v) is 6.91. The van der Waals surface area contributed by atoms with Gasteiger partial charge in [-0.15, -0.1) is 11.3 Å². The fourth-order valence-corrected chi connectivity index (χ4v) is 2.59. The highest BCUT2D eigenvalue weighted by molar-refractivity contribution is 9.10. The Bertz CT molecular complexity index is 585. The summed E-state index contributed by atoms with van der Waals surface area (Å²) >= 11 is 10.1. The quantitative estimate of drug-likeness (QED) is 0.756. The van der Waals surface area contributed by atoms with Gasteiger partial charge >= 0.3 is 0 Å². The van der Waals surface area contributed by atoms with E-state index in [4.69, 9.17) is 16.3 Å². The van der Waals surface area contributed by atoms with Gasteiger partial charge in [-0.2, -0.15) is 0 Å². The Balaban J connectivity index is 2.03. The lowest BCUT2D eigenvalue weighted by molar-refractivity contribution is 0.0925. The van der Waals surface area contributed by atoms with Crippen molar-refractivity contribution in [2.75, 3.05) is 6.61 Å². The van der Waals surface area contributed by atoms with Gasteiger partial charge in [-0.25, -0.2) is 4.39 Å². The van der Waals surface area contributed by atoms with Crippen LogP contribution in [0.2, 0.25) is 4.34 Å².